The Bertz CT molecular complexity index is 1540. The molecule has 13 nitrogen and oxygen atoms in total. The van der Waals surface area contributed by atoms with Gasteiger partial charge in [-0.1, -0.05) is 30.3 Å². The Labute approximate surface area is 262 Å². The van der Waals surface area contributed by atoms with Crippen molar-refractivity contribution in [2.75, 3.05) is 66.6 Å². The molecule has 1 unspecified atom stereocenters. The van der Waals surface area contributed by atoms with Crippen LogP contribution >= 0.6 is 0 Å². The first-order valence-corrected chi connectivity index (χ1v) is 15.3. The number of hydrogen-bond acceptors (Lipinski definition) is 7. The van der Waals surface area contributed by atoms with Crippen molar-refractivity contribution in [1.29, 1.82) is 0 Å². The molecule has 3 N–H and O–H groups in total. The van der Waals surface area contributed by atoms with Crippen LogP contribution in [0.3, 0.4) is 0 Å². The van der Waals surface area contributed by atoms with Crippen molar-refractivity contribution in [3.63, 3.8) is 0 Å². The second-order valence-corrected chi connectivity index (χ2v) is 11.6. The van der Waals surface area contributed by atoms with Crippen LogP contribution in [-0.4, -0.2) is 110 Å². The highest BCUT2D eigenvalue weighted by atomic mass is 16.5. The first-order valence-electron chi connectivity index (χ1n) is 15.3. The number of amides is 5. The highest BCUT2D eigenvalue weighted by Gasteiger charge is 2.39. The second-order valence-electron chi connectivity index (χ2n) is 11.6. The number of likely N-dealkylation sites (N-methyl/N-ethyl adjacent to an activating group) is 1. The van der Waals surface area contributed by atoms with Crippen LogP contribution in [0.4, 0.5) is 4.79 Å². The number of nitrogens with zero attached hydrogens (tertiary/aromatic N) is 4. The quantitative estimate of drug-likeness (QED) is 0.323. The summed E-state index contributed by atoms with van der Waals surface area (Å²) in [6.07, 6.45) is 1.29. The maximum Gasteiger partial charge on any atom is 0.319 e. The van der Waals surface area contributed by atoms with Crippen molar-refractivity contribution in [1.82, 2.24) is 35.5 Å². The fourth-order valence-corrected chi connectivity index (χ4v) is 5.92. The van der Waals surface area contributed by atoms with Crippen LogP contribution in [0.25, 0.3) is 10.9 Å². The molecule has 2 aliphatic rings. The number of hydrogen-bond donors (Lipinski definition) is 3. The molecule has 1 fully saturated rings. The van der Waals surface area contributed by atoms with Gasteiger partial charge in [-0.25, -0.2) is 4.79 Å². The van der Waals surface area contributed by atoms with E-state index in [0.29, 0.717) is 61.4 Å². The topological polar surface area (TPSA) is 147 Å². The van der Waals surface area contributed by atoms with Gasteiger partial charge in [0.05, 0.1) is 17.5 Å². The Morgan fingerprint density at radius 2 is 1.93 bits per heavy atom. The van der Waals surface area contributed by atoms with E-state index in [4.69, 9.17) is 9.47 Å². The van der Waals surface area contributed by atoms with Gasteiger partial charge in [-0.05, 0) is 43.0 Å². The highest BCUT2D eigenvalue weighted by Crippen LogP contribution is 2.31. The largest absolute Gasteiger partial charge is 0.484 e. The zero-order chi connectivity index (χ0) is 31.8. The Morgan fingerprint density at radius 3 is 2.73 bits per heavy atom. The molecular weight excluding hydrogens is 578 g/mol. The van der Waals surface area contributed by atoms with Gasteiger partial charge in [0.25, 0.3) is 11.8 Å². The molecule has 0 saturated carbocycles. The lowest BCUT2D eigenvalue weighted by molar-refractivity contribution is -0.131. The summed E-state index contributed by atoms with van der Waals surface area (Å²) in [5.41, 5.74) is 0.757. The van der Waals surface area contributed by atoms with E-state index in [1.807, 2.05) is 42.5 Å². The maximum absolute atomic E-state index is 14.2. The minimum atomic E-state index is -1.06. The number of urea groups is 1. The van der Waals surface area contributed by atoms with Crippen LogP contribution in [0.1, 0.15) is 28.9 Å². The molecule has 13 heteroatoms. The normalized spacial score (nSPS) is 19.6. The number of ether oxygens (including phenoxy) is 2. The lowest BCUT2D eigenvalue weighted by Gasteiger charge is -2.33. The van der Waals surface area contributed by atoms with Crippen molar-refractivity contribution in [3.05, 3.63) is 59.8 Å². The lowest BCUT2D eigenvalue weighted by Crippen LogP contribution is -2.51. The average molecular weight is 620 g/mol. The smallest absolute Gasteiger partial charge is 0.319 e. The number of carbonyl (C=O) groups excluding carboxylic acids is 4. The van der Waals surface area contributed by atoms with E-state index < -0.39 is 5.41 Å². The van der Waals surface area contributed by atoms with E-state index in [1.54, 1.807) is 34.7 Å². The number of nitrogens with one attached hydrogen (secondary N) is 3. The molecule has 3 heterocycles. The molecule has 2 aromatic carbocycles. The van der Waals surface area contributed by atoms with Gasteiger partial charge in [-0.3, -0.25) is 19.1 Å². The minimum absolute atomic E-state index is 0.0497. The second kappa shape index (κ2) is 14.4. The number of methoxy groups -OCH3 is 1. The molecule has 1 atom stereocenters. The van der Waals surface area contributed by atoms with E-state index in [9.17, 15) is 19.2 Å². The molecule has 240 valence electrons. The Morgan fingerprint density at radius 1 is 1.09 bits per heavy atom. The Kier molecular flexibility index (Phi) is 10.2. The molecule has 0 radical (unpaired) electrons. The summed E-state index contributed by atoms with van der Waals surface area (Å²) < 4.78 is 12.7. The summed E-state index contributed by atoms with van der Waals surface area (Å²) >= 11 is 0. The van der Waals surface area contributed by atoms with Crippen molar-refractivity contribution < 1.29 is 28.7 Å². The summed E-state index contributed by atoms with van der Waals surface area (Å²) in [6.45, 7) is 2.72. The third-order valence-corrected chi connectivity index (χ3v) is 8.36. The number of aromatic nitrogens is 2. The molecule has 1 aromatic heterocycles. The van der Waals surface area contributed by atoms with E-state index in [1.165, 1.54) is 0 Å². The van der Waals surface area contributed by atoms with Gasteiger partial charge in [0, 0.05) is 65.4 Å². The summed E-state index contributed by atoms with van der Waals surface area (Å²) in [5, 5.41) is 14.2. The maximum atomic E-state index is 14.2. The van der Waals surface area contributed by atoms with Crippen molar-refractivity contribution in [2.24, 2.45) is 5.41 Å². The van der Waals surface area contributed by atoms with Crippen LogP contribution in [0.15, 0.2) is 48.5 Å². The van der Waals surface area contributed by atoms with E-state index in [2.05, 4.69) is 21.0 Å². The van der Waals surface area contributed by atoms with Crippen LogP contribution in [-0.2, 0) is 27.3 Å². The third-order valence-electron chi connectivity index (χ3n) is 8.36. The Balaban J connectivity index is 1.47. The van der Waals surface area contributed by atoms with Gasteiger partial charge in [0.15, 0.2) is 6.61 Å². The van der Waals surface area contributed by atoms with Crippen LogP contribution < -0.4 is 20.7 Å². The molecule has 45 heavy (non-hydrogen) atoms. The van der Waals surface area contributed by atoms with Crippen molar-refractivity contribution in [3.8, 4) is 5.75 Å². The van der Waals surface area contributed by atoms with Gasteiger partial charge in [-0.15, -0.1) is 0 Å². The fraction of sp³-hybridized carbons (Fsp3) is 0.469. The molecule has 2 aliphatic heterocycles. The number of benzene rings is 2. The summed E-state index contributed by atoms with van der Waals surface area (Å²) in [6, 6.07) is 14.6. The standard InChI is InChI=1S/C32H41N7O6/c1-37-16-17-38(31(37)43)14-12-34-30(42)32(11-6-18-44-2)20-23-7-5-8-24(19-23)45-21-27(40)33-13-15-39-28(29(41)35-22-32)25-9-3-4-10-26(25)36-39/h3-5,7-10,19H,6,11-18,20-22H2,1-2H3,(H,33,40)(H,34,42)(H,35,41). The van der Waals surface area contributed by atoms with Crippen LogP contribution in [0.5, 0.6) is 5.75 Å². The summed E-state index contributed by atoms with van der Waals surface area (Å²) in [7, 11) is 3.37. The van der Waals surface area contributed by atoms with E-state index in [-0.39, 0.29) is 63.0 Å². The number of fused-ring (bicyclic) bond motifs is 5. The number of carbonyl (C=O) groups is 4. The van der Waals surface area contributed by atoms with Gasteiger partial charge in [0.2, 0.25) is 5.91 Å². The molecule has 0 spiro atoms. The molecular formula is C32H41N7O6. The zero-order valence-electron chi connectivity index (χ0n) is 25.8. The molecule has 5 rings (SSSR count). The highest BCUT2D eigenvalue weighted by molar-refractivity contribution is 6.05. The molecule has 5 amide bonds. The first-order chi connectivity index (χ1) is 21.8. The van der Waals surface area contributed by atoms with Gasteiger partial charge < -0.3 is 35.2 Å². The molecule has 3 aromatic rings. The van der Waals surface area contributed by atoms with Crippen molar-refractivity contribution >= 4 is 34.7 Å². The van der Waals surface area contributed by atoms with E-state index in [0.717, 1.165) is 5.56 Å². The summed E-state index contributed by atoms with van der Waals surface area (Å²) in [4.78, 5) is 56.4. The van der Waals surface area contributed by atoms with Gasteiger partial charge in [0.1, 0.15) is 11.4 Å². The van der Waals surface area contributed by atoms with Gasteiger partial charge in [-0.2, -0.15) is 5.10 Å². The SMILES string of the molecule is COCCCC1(C(=O)NCCN2CCN(C)C2=O)CNC(=O)c2c3ccccc3nn2CCNC(=O)COc2cccc(c2)C1. The monoisotopic (exact) mass is 619 g/mol. The molecule has 1 saturated heterocycles. The molecule has 2 bridgehead atoms. The van der Waals surface area contributed by atoms with Gasteiger partial charge >= 0.3 is 6.03 Å². The Hall–Kier alpha value is -4.65. The van der Waals surface area contributed by atoms with Crippen molar-refractivity contribution in [2.45, 2.75) is 25.8 Å². The first kappa shape index (κ1) is 31.8. The lowest BCUT2D eigenvalue weighted by atomic mass is 9.76. The number of rotatable bonds is 8. The van der Waals surface area contributed by atoms with Crippen LogP contribution in [0, 0.1) is 5.41 Å². The van der Waals surface area contributed by atoms with E-state index >= 15 is 0 Å². The zero-order valence-corrected chi connectivity index (χ0v) is 25.8. The minimum Gasteiger partial charge on any atom is -0.484 e. The fourth-order valence-electron chi connectivity index (χ4n) is 5.92. The molecule has 0 aliphatic carbocycles. The third kappa shape index (κ3) is 7.54. The predicted octanol–water partition coefficient (Wildman–Crippen LogP) is 1.41. The van der Waals surface area contributed by atoms with Crippen LogP contribution in [0.2, 0.25) is 0 Å². The predicted molar refractivity (Wildman–Crippen MR) is 167 cm³/mol. The summed E-state index contributed by atoms with van der Waals surface area (Å²) in [5.74, 6) is -0.397. The average Bonchev–Trinajstić information content (AvgIpc) is 3.57.